The van der Waals surface area contributed by atoms with E-state index in [0.717, 1.165) is 19.3 Å². The van der Waals surface area contributed by atoms with Gasteiger partial charge in [0.15, 0.2) is 17.8 Å². The predicted octanol–water partition coefficient (Wildman–Crippen LogP) is 3.33. The van der Waals surface area contributed by atoms with Gasteiger partial charge in [-0.15, -0.1) is 0 Å². The summed E-state index contributed by atoms with van der Waals surface area (Å²) in [5.41, 5.74) is 0.667. The quantitative estimate of drug-likeness (QED) is 0.703. The molecule has 138 valence electrons. The van der Waals surface area contributed by atoms with Gasteiger partial charge in [-0.2, -0.15) is 5.10 Å². The minimum Gasteiger partial charge on any atom is -0.421 e. The van der Waals surface area contributed by atoms with Gasteiger partial charge in [0, 0.05) is 30.8 Å². The molecule has 1 atom stereocenters. The van der Waals surface area contributed by atoms with E-state index in [0.29, 0.717) is 17.7 Å². The van der Waals surface area contributed by atoms with Crippen LogP contribution in [0.25, 0.3) is 11.1 Å². The van der Waals surface area contributed by atoms with Crippen LogP contribution in [0.1, 0.15) is 25.5 Å². The van der Waals surface area contributed by atoms with Crippen molar-refractivity contribution in [2.24, 2.45) is 0 Å². The van der Waals surface area contributed by atoms with Gasteiger partial charge in [0.2, 0.25) is 0 Å². The Kier molecular flexibility index (Phi) is 4.88. The maximum Gasteiger partial charge on any atom is 0.321 e. The van der Waals surface area contributed by atoms with Gasteiger partial charge >= 0.3 is 6.01 Å². The summed E-state index contributed by atoms with van der Waals surface area (Å²) in [6.45, 7) is 0.619. The molecular formula is C19H17FN4O3. The number of benzene rings is 1. The van der Waals surface area contributed by atoms with Crippen molar-refractivity contribution >= 4 is 0 Å². The first-order valence-corrected chi connectivity index (χ1v) is 8.66. The molecule has 1 aliphatic rings. The topological polar surface area (TPSA) is 79.1 Å². The van der Waals surface area contributed by atoms with Crippen LogP contribution in [0.2, 0.25) is 0 Å². The second-order valence-electron chi connectivity index (χ2n) is 6.10. The van der Waals surface area contributed by atoms with Crippen LogP contribution in [0.5, 0.6) is 11.8 Å². The molecule has 0 saturated carbocycles. The Balaban J connectivity index is 1.59. The van der Waals surface area contributed by atoms with E-state index in [2.05, 4.69) is 15.1 Å². The van der Waals surface area contributed by atoms with Crippen LogP contribution in [0.15, 0.2) is 53.7 Å². The van der Waals surface area contributed by atoms with Crippen LogP contribution in [0.3, 0.4) is 0 Å². The highest BCUT2D eigenvalue weighted by Gasteiger charge is 2.19. The van der Waals surface area contributed by atoms with E-state index < -0.39 is 5.82 Å². The van der Waals surface area contributed by atoms with Gasteiger partial charge < -0.3 is 9.47 Å². The Labute approximate surface area is 154 Å². The van der Waals surface area contributed by atoms with Gasteiger partial charge in [-0.1, -0.05) is 12.1 Å². The number of rotatable bonds is 4. The lowest BCUT2D eigenvalue weighted by molar-refractivity contribution is -0.0423. The van der Waals surface area contributed by atoms with Crippen LogP contribution < -0.4 is 10.3 Å². The molecule has 0 spiro atoms. The maximum absolute atomic E-state index is 13.7. The number of nitrogens with zero attached hydrogens (tertiary/aromatic N) is 4. The summed E-state index contributed by atoms with van der Waals surface area (Å²) in [6.07, 6.45) is 6.87. The van der Waals surface area contributed by atoms with Crippen molar-refractivity contribution in [1.29, 1.82) is 0 Å². The van der Waals surface area contributed by atoms with Crippen molar-refractivity contribution in [2.75, 3.05) is 6.61 Å². The smallest absolute Gasteiger partial charge is 0.321 e. The molecule has 7 nitrogen and oxygen atoms in total. The lowest BCUT2D eigenvalue weighted by atomic mass is 10.1. The highest BCUT2D eigenvalue weighted by atomic mass is 19.1. The third-order valence-electron chi connectivity index (χ3n) is 4.28. The molecule has 27 heavy (non-hydrogen) atoms. The minimum atomic E-state index is -0.505. The van der Waals surface area contributed by atoms with E-state index in [-0.39, 0.29) is 23.5 Å². The van der Waals surface area contributed by atoms with Crippen molar-refractivity contribution < 1.29 is 13.9 Å². The molecule has 0 amide bonds. The molecule has 4 rings (SSSR count). The fraction of sp³-hybridized carbons (Fsp3) is 0.263. The molecule has 8 heteroatoms. The summed E-state index contributed by atoms with van der Waals surface area (Å²) in [5, 5.41) is 4.14. The third kappa shape index (κ3) is 3.70. The number of hydrogen-bond acceptors (Lipinski definition) is 6. The van der Waals surface area contributed by atoms with Gasteiger partial charge in [-0.05, 0) is 37.5 Å². The first-order chi connectivity index (χ1) is 13.2. The molecule has 1 aliphatic heterocycles. The van der Waals surface area contributed by atoms with E-state index in [4.69, 9.17) is 9.47 Å². The largest absolute Gasteiger partial charge is 0.421 e. The van der Waals surface area contributed by atoms with Crippen molar-refractivity contribution in [1.82, 2.24) is 19.7 Å². The summed E-state index contributed by atoms with van der Waals surface area (Å²) >= 11 is 0. The monoisotopic (exact) mass is 368 g/mol. The SMILES string of the molecule is O=c1c(-c2cnc(Oc3ccccc3F)nc2)ccnn1C1CCCCO1. The molecule has 0 N–H and O–H groups in total. The van der Waals surface area contributed by atoms with E-state index in [1.807, 2.05) is 0 Å². The molecule has 1 unspecified atom stereocenters. The zero-order valence-electron chi connectivity index (χ0n) is 14.4. The molecule has 1 aromatic carbocycles. The number of ether oxygens (including phenoxy) is 2. The van der Waals surface area contributed by atoms with Crippen molar-refractivity contribution in [3.63, 3.8) is 0 Å². The number of para-hydroxylation sites is 1. The van der Waals surface area contributed by atoms with Crippen LogP contribution in [-0.4, -0.2) is 26.4 Å². The first-order valence-electron chi connectivity index (χ1n) is 8.66. The maximum atomic E-state index is 13.7. The lowest BCUT2D eigenvalue weighted by Gasteiger charge is -2.23. The number of aromatic nitrogens is 4. The van der Waals surface area contributed by atoms with E-state index >= 15 is 0 Å². The zero-order chi connectivity index (χ0) is 18.6. The van der Waals surface area contributed by atoms with E-state index in [9.17, 15) is 9.18 Å². The van der Waals surface area contributed by atoms with E-state index in [1.165, 1.54) is 29.2 Å². The van der Waals surface area contributed by atoms with Crippen LogP contribution in [0.4, 0.5) is 4.39 Å². The summed E-state index contributed by atoms with van der Waals surface area (Å²) in [4.78, 5) is 20.9. The Morgan fingerprint density at radius 2 is 1.96 bits per heavy atom. The Morgan fingerprint density at radius 3 is 2.70 bits per heavy atom. The molecular weight excluding hydrogens is 351 g/mol. The lowest BCUT2D eigenvalue weighted by Crippen LogP contribution is -2.31. The Bertz CT molecular complexity index is 985. The summed E-state index contributed by atoms with van der Waals surface area (Å²) in [6, 6.07) is 7.59. The Hall–Kier alpha value is -3.13. The molecule has 1 fully saturated rings. The van der Waals surface area contributed by atoms with E-state index in [1.54, 1.807) is 24.4 Å². The third-order valence-corrected chi connectivity index (χ3v) is 4.28. The Morgan fingerprint density at radius 1 is 1.15 bits per heavy atom. The molecule has 3 aromatic rings. The van der Waals surface area contributed by atoms with Crippen LogP contribution in [-0.2, 0) is 4.74 Å². The highest BCUT2D eigenvalue weighted by Crippen LogP contribution is 2.23. The number of hydrogen-bond donors (Lipinski definition) is 0. The summed E-state index contributed by atoms with van der Waals surface area (Å²) < 4.78 is 26.0. The fourth-order valence-electron chi connectivity index (χ4n) is 2.90. The van der Waals surface area contributed by atoms with Crippen molar-refractivity contribution in [3.8, 4) is 22.9 Å². The molecule has 0 aliphatic carbocycles. The number of halogens is 1. The second kappa shape index (κ2) is 7.63. The molecule has 1 saturated heterocycles. The standard InChI is InChI=1S/C19H17FN4O3/c20-15-5-1-2-6-16(15)27-19-21-11-13(12-22-19)14-8-9-23-24(18(14)25)17-7-3-4-10-26-17/h1-2,5-6,8-9,11-12,17H,3-4,7,10H2. The molecule has 0 radical (unpaired) electrons. The normalized spacial score (nSPS) is 16.9. The molecule has 2 aromatic heterocycles. The van der Waals surface area contributed by atoms with Gasteiger partial charge in [-0.25, -0.2) is 19.0 Å². The van der Waals surface area contributed by atoms with Crippen LogP contribution >= 0.6 is 0 Å². The predicted molar refractivity (Wildman–Crippen MR) is 94.8 cm³/mol. The first kappa shape index (κ1) is 17.3. The van der Waals surface area contributed by atoms with Gasteiger partial charge in [0.1, 0.15) is 0 Å². The highest BCUT2D eigenvalue weighted by molar-refractivity contribution is 5.59. The average Bonchev–Trinajstić information content (AvgIpc) is 2.71. The molecule has 0 bridgehead atoms. The van der Waals surface area contributed by atoms with Crippen LogP contribution in [0, 0.1) is 5.82 Å². The average molecular weight is 368 g/mol. The summed E-state index contributed by atoms with van der Waals surface area (Å²) in [7, 11) is 0. The fourth-order valence-corrected chi connectivity index (χ4v) is 2.90. The zero-order valence-corrected chi connectivity index (χ0v) is 14.4. The van der Waals surface area contributed by atoms with Crippen molar-refractivity contribution in [2.45, 2.75) is 25.5 Å². The van der Waals surface area contributed by atoms with Gasteiger partial charge in [-0.3, -0.25) is 4.79 Å². The molecule has 3 heterocycles. The van der Waals surface area contributed by atoms with Gasteiger partial charge in [0.25, 0.3) is 5.56 Å². The van der Waals surface area contributed by atoms with Gasteiger partial charge in [0.05, 0.1) is 5.56 Å². The second-order valence-corrected chi connectivity index (χ2v) is 6.10. The minimum absolute atomic E-state index is 0.00570. The van der Waals surface area contributed by atoms with Crippen molar-refractivity contribution in [3.05, 3.63) is 65.1 Å². The summed E-state index contributed by atoms with van der Waals surface area (Å²) in [5.74, 6) is -0.472.